The number of rotatable bonds is 5. The molecule has 0 radical (unpaired) electrons. The third-order valence-electron chi connectivity index (χ3n) is 3.87. The van der Waals surface area contributed by atoms with Crippen molar-refractivity contribution < 1.29 is 5.11 Å². The lowest BCUT2D eigenvalue weighted by Crippen LogP contribution is -2.56. The predicted molar refractivity (Wildman–Crippen MR) is 74.8 cm³/mol. The van der Waals surface area contributed by atoms with Gasteiger partial charge in [0.15, 0.2) is 0 Å². The highest BCUT2D eigenvalue weighted by atomic mass is 16.3. The lowest BCUT2D eigenvalue weighted by atomic mass is 9.64. The SMILES string of the molecule is CCCNc1cncc(NC2CC(O)C2(C)C)c1. The van der Waals surface area contributed by atoms with Crippen LogP contribution in [0, 0.1) is 5.41 Å². The second-order valence-corrected chi connectivity index (χ2v) is 5.66. The Morgan fingerprint density at radius 3 is 2.72 bits per heavy atom. The standard InChI is InChI=1S/C14H23N3O/c1-4-5-16-10-6-11(9-15-8-10)17-12-7-13(18)14(12,2)3/h6,8-9,12-13,16-18H,4-5,7H2,1-3H3. The highest BCUT2D eigenvalue weighted by molar-refractivity contribution is 5.54. The lowest BCUT2D eigenvalue weighted by molar-refractivity contribution is -0.0510. The van der Waals surface area contributed by atoms with Crippen LogP contribution in [0.3, 0.4) is 0 Å². The van der Waals surface area contributed by atoms with Crippen LogP contribution in [-0.4, -0.2) is 28.8 Å². The van der Waals surface area contributed by atoms with Crippen LogP contribution in [0.5, 0.6) is 0 Å². The Hall–Kier alpha value is -1.29. The molecule has 0 aromatic carbocycles. The summed E-state index contributed by atoms with van der Waals surface area (Å²) in [6.07, 6.45) is 5.36. The average molecular weight is 249 g/mol. The third kappa shape index (κ3) is 2.58. The molecule has 1 aromatic heterocycles. The largest absolute Gasteiger partial charge is 0.392 e. The zero-order valence-corrected chi connectivity index (χ0v) is 11.4. The number of nitrogens with zero attached hydrogens (tertiary/aromatic N) is 1. The molecule has 1 heterocycles. The minimum atomic E-state index is -0.204. The Bertz CT molecular complexity index is 406. The first-order valence-corrected chi connectivity index (χ1v) is 6.67. The van der Waals surface area contributed by atoms with Crippen molar-refractivity contribution in [1.82, 2.24) is 4.98 Å². The van der Waals surface area contributed by atoms with Crippen LogP contribution in [0.2, 0.25) is 0 Å². The molecule has 0 spiro atoms. The van der Waals surface area contributed by atoms with Gasteiger partial charge in [0.1, 0.15) is 0 Å². The van der Waals surface area contributed by atoms with Crippen LogP contribution in [0.25, 0.3) is 0 Å². The summed E-state index contributed by atoms with van der Waals surface area (Å²) in [5.74, 6) is 0. The first-order valence-electron chi connectivity index (χ1n) is 6.67. The summed E-state index contributed by atoms with van der Waals surface area (Å²) in [7, 11) is 0. The van der Waals surface area contributed by atoms with E-state index < -0.39 is 0 Å². The summed E-state index contributed by atoms with van der Waals surface area (Å²) in [6, 6.07) is 2.39. The quantitative estimate of drug-likeness (QED) is 0.750. The maximum absolute atomic E-state index is 9.73. The fourth-order valence-electron chi connectivity index (χ4n) is 2.23. The summed E-state index contributed by atoms with van der Waals surface area (Å²) in [5.41, 5.74) is 1.99. The van der Waals surface area contributed by atoms with Gasteiger partial charge in [0.2, 0.25) is 0 Å². The summed E-state index contributed by atoms with van der Waals surface area (Å²) in [4.78, 5) is 4.23. The number of nitrogens with one attached hydrogen (secondary N) is 2. The number of pyridine rings is 1. The molecule has 4 nitrogen and oxygen atoms in total. The Labute approximate surface area is 109 Å². The molecule has 1 aromatic rings. The van der Waals surface area contributed by atoms with Crippen molar-refractivity contribution in [2.24, 2.45) is 5.41 Å². The van der Waals surface area contributed by atoms with Gasteiger partial charge >= 0.3 is 0 Å². The first kappa shape index (κ1) is 13.1. The van der Waals surface area contributed by atoms with E-state index in [9.17, 15) is 5.11 Å². The van der Waals surface area contributed by atoms with Crippen molar-refractivity contribution in [3.05, 3.63) is 18.5 Å². The van der Waals surface area contributed by atoms with E-state index in [0.29, 0.717) is 6.04 Å². The van der Waals surface area contributed by atoms with Crippen molar-refractivity contribution in [2.45, 2.75) is 45.8 Å². The fourth-order valence-corrected chi connectivity index (χ4v) is 2.23. The van der Waals surface area contributed by atoms with Crippen molar-refractivity contribution in [3.8, 4) is 0 Å². The van der Waals surface area contributed by atoms with E-state index in [2.05, 4.69) is 42.5 Å². The van der Waals surface area contributed by atoms with Crippen LogP contribution >= 0.6 is 0 Å². The maximum atomic E-state index is 9.73. The van der Waals surface area contributed by atoms with Gasteiger partial charge in [-0.2, -0.15) is 0 Å². The molecule has 0 bridgehead atoms. The monoisotopic (exact) mass is 249 g/mol. The minimum absolute atomic E-state index is 0.0626. The highest BCUT2D eigenvalue weighted by Crippen LogP contribution is 2.42. The summed E-state index contributed by atoms with van der Waals surface area (Å²) >= 11 is 0. The summed E-state index contributed by atoms with van der Waals surface area (Å²) in [5, 5.41) is 16.5. The normalized spacial score (nSPS) is 25.3. The molecule has 0 saturated heterocycles. The molecular weight excluding hydrogens is 226 g/mol. The Morgan fingerprint density at radius 1 is 1.39 bits per heavy atom. The van der Waals surface area contributed by atoms with E-state index in [1.54, 1.807) is 0 Å². The summed E-state index contributed by atoms with van der Waals surface area (Å²) in [6.45, 7) is 7.27. The number of aliphatic hydroxyl groups is 1. The van der Waals surface area contributed by atoms with E-state index >= 15 is 0 Å². The Balaban J connectivity index is 1.98. The first-order chi connectivity index (χ1) is 8.54. The minimum Gasteiger partial charge on any atom is -0.392 e. The molecule has 1 saturated carbocycles. The third-order valence-corrected chi connectivity index (χ3v) is 3.87. The van der Waals surface area contributed by atoms with E-state index in [1.807, 2.05) is 12.4 Å². The van der Waals surface area contributed by atoms with Crippen LogP contribution in [0.1, 0.15) is 33.6 Å². The number of hydrogen-bond donors (Lipinski definition) is 3. The van der Waals surface area contributed by atoms with Gasteiger partial charge < -0.3 is 15.7 Å². The molecular formula is C14H23N3O. The second kappa shape index (κ2) is 5.14. The Kier molecular flexibility index (Phi) is 3.76. The maximum Gasteiger partial charge on any atom is 0.0630 e. The van der Waals surface area contributed by atoms with Gasteiger partial charge in [-0.3, -0.25) is 4.98 Å². The number of aromatic nitrogens is 1. The highest BCUT2D eigenvalue weighted by Gasteiger charge is 2.47. The fraction of sp³-hybridized carbons (Fsp3) is 0.643. The van der Waals surface area contributed by atoms with Gasteiger partial charge in [0.05, 0.1) is 29.9 Å². The smallest absolute Gasteiger partial charge is 0.0630 e. The zero-order chi connectivity index (χ0) is 13.2. The van der Waals surface area contributed by atoms with Crippen LogP contribution in [0.4, 0.5) is 11.4 Å². The summed E-state index contributed by atoms with van der Waals surface area (Å²) < 4.78 is 0. The van der Waals surface area contributed by atoms with Gasteiger partial charge in [-0.25, -0.2) is 0 Å². The van der Waals surface area contributed by atoms with Gasteiger partial charge in [-0.15, -0.1) is 0 Å². The molecule has 18 heavy (non-hydrogen) atoms. The van der Waals surface area contributed by atoms with Gasteiger partial charge in [-0.05, 0) is 18.9 Å². The molecule has 2 atom stereocenters. The predicted octanol–water partition coefficient (Wildman–Crippen LogP) is 2.47. The molecule has 3 N–H and O–H groups in total. The number of aliphatic hydroxyl groups excluding tert-OH is 1. The number of hydrogen-bond acceptors (Lipinski definition) is 4. The van der Waals surface area contributed by atoms with Gasteiger partial charge in [-0.1, -0.05) is 20.8 Å². The van der Waals surface area contributed by atoms with Gasteiger partial charge in [0.25, 0.3) is 0 Å². The molecule has 0 aliphatic heterocycles. The molecule has 100 valence electrons. The van der Waals surface area contributed by atoms with E-state index in [1.165, 1.54) is 0 Å². The molecule has 4 heteroatoms. The molecule has 1 aliphatic rings. The Morgan fingerprint density at radius 2 is 2.11 bits per heavy atom. The van der Waals surface area contributed by atoms with E-state index in [-0.39, 0.29) is 11.5 Å². The van der Waals surface area contributed by atoms with Crippen molar-refractivity contribution in [1.29, 1.82) is 0 Å². The van der Waals surface area contributed by atoms with E-state index in [4.69, 9.17) is 0 Å². The topological polar surface area (TPSA) is 57.2 Å². The van der Waals surface area contributed by atoms with E-state index in [0.717, 1.165) is 30.8 Å². The van der Waals surface area contributed by atoms with Crippen LogP contribution < -0.4 is 10.6 Å². The van der Waals surface area contributed by atoms with Crippen LogP contribution in [-0.2, 0) is 0 Å². The molecule has 1 fully saturated rings. The molecule has 1 aliphatic carbocycles. The molecule has 2 rings (SSSR count). The van der Waals surface area contributed by atoms with Crippen molar-refractivity contribution in [3.63, 3.8) is 0 Å². The molecule has 2 unspecified atom stereocenters. The lowest BCUT2D eigenvalue weighted by Gasteiger charge is -2.49. The number of anilines is 2. The molecule has 0 amide bonds. The van der Waals surface area contributed by atoms with Gasteiger partial charge in [0, 0.05) is 18.0 Å². The van der Waals surface area contributed by atoms with Crippen LogP contribution in [0.15, 0.2) is 18.5 Å². The average Bonchev–Trinajstić information content (AvgIpc) is 2.36. The van der Waals surface area contributed by atoms with Crippen molar-refractivity contribution in [2.75, 3.05) is 17.2 Å². The van der Waals surface area contributed by atoms with Crippen molar-refractivity contribution >= 4 is 11.4 Å². The zero-order valence-electron chi connectivity index (χ0n) is 11.4. The second-order valence-electron chi connectivity index (χ2n) is 5.66.